The zero-order valence-corrected chi connectivity index (χ0v) is 20.7. The lowest BCUT2D eigenvalue weighted by Crippen LogP contribution is -2.59. The number of aliphatic hydroxyl groups is 1. The number of fused-ring (bicyclic) bond motifs is 1. The van der Waals surface area contributed by atoms with Gasteiger partial charge in [-0.2, -0.15) is 4.98 Å². The molecule has 4 aliphatic carbocycles. The second-order valence-corrected chi connectivity index (χ2v) is 11.5. The Bertz CT molecular complexity index is 1370. The summed E-state index contributed by atoms with van der Waals surface area (Å²) in [6.45, 7) is 2.42. The summed E-state index contributed by atoms with van der Waals surface area (Å²) in [5, 5.41) is 22.6. The predicted octanol–water partition coefficient (Wildman–Crippen LogP) is 2.31. The molecule has 2 unspecified atom stereocenters. The Labute approximate surface area is 213 Å². The highest BCUT2D eigenvalue weighted by molar-refractivity contribution is 5.97. The van der Waals surface area contributed by atoms with Crippen LogP contribution in [0.15, 0.2) is 23.0 Å². The third-order valence-corrected chi connectivity index (χ3v) is 8.87. The van der Waals surface area contributed by atoms with E-state index in [9.17, 15) is 14.7 Å². The monoisotopic (exact) mass is 505 g/mol. The van der Waals surface area contributed by atoms with Crippen molar-refractivity contribution >= 4 is 28.5 Å². The number of nitrogens with zero attached hydrogens (tertiary/aromatic N) is 4. The van der Waals surface area contributed by atoms with E-state index < -0.39 is 5.60 Å². The summed E-state index contributed by atoms with van der Waals surface area (Å²) in [7, 11) is 0. The highest BCUT2D eigenvalue weighted by Gasteiger charge is 2.54. The van der Waals surface area contributed by atoms with Crippen molar-refractivity contribution in [3.8, 4) is 11.5 Å². The van der Waals surface area contributed by atoms with Crippen molar-refractivity contribution in [3.63, 3.8) is 0 Å². The number of nitrogens with one attached hydrogen (secondary N) is 3. The minimum absolute atomic E-state index is 0.00423. The molecular formula is C26H31N7O4. The summed E-state index contributed by atoms with van der Waals surface area (Å²) in [5.74, 6) is 1.25. The van der Waals surface area contributed by atoms with Crippen molar-refractivity contribution in [1.29, 1.82) is 0 Å². The Hall–Kier alpha value is -3.47. The predicted molar refractivity (Wildman–Crippen MR) is 133 cm³/mol. The van der Waals surface area contributed by atoms with Crippen molar-refractivity contribution in [2.24, 2.45) is 17.8 Å². The van der Waals surface area contributed by atoms with Gasteiger partial charge in [0.05, 0.1) is 16.9 Å². The molecular weight excluding hydrogens is 474 g/mol. The van der Waals surface area contributed by atoms with Crippen molar-refractivity contribution in [3.05, 3.63) is 24.3 Å². The highest BCUT2D eigenvalue weighted by Crippen LogP contribution is 2.56. The molecule has 37 heavy (non-hydrogen) atoms. The van der Waals surface area contributed by atoms with Crippen molar-refractivity contribution < 1.29 is 19.2 Å². The van der Waals surface area contributed by atoms with Crippen molar-refractivity contribution in [2.75, 3.05) is 18.4 Å². The SMILES string of the molecule is CC(=O)N[C@H]1CCN(C(=O)c2noc(-c3cnc4[nH]ccc4c3N[C@H]3C4CC5CC3C[C@@](O)(C5)C4)n2)C1. The number of carbonyl (C=O) groups excluding carboxylic acids is 2. The van der Waals surface area contributed by atoms with Crippen LogP contribution in [-0.4, -0.2) is 72.7 Å². The fourth-order valence-corrected chi connectivity index (χ4v) is 7.62. The molecule has 4 heterocycles. The van der Waals surface area contributed by atoms with E-state index in [4.69, 9.17) is 4.52 Å². The minimum Gasteiger partial charge on any atom is -0.390 e. The van der Waals surface area contributed by atoms with E-state index in [0.29, 0.717) is 42.8 Å². The molecule has 4 N–H and O–H groups in total. The molecule has 1 saturated heterocycles. The average molecular weight is 506 g/mol. The van der Waals surface area contributed by atoms with Gasteiger partial charge in [0.2, 0.25) is 5.91 Å². The number of hydrogen-bond donors (Lipinski definition) is 4. The van der Waals surface area contributed by atoms with Crippen LogP contribution >= 0.6 is 0 Å². The number of aromatic amines is 1. The standard InChI is InChI=1S/C26H31N7O4/c1-13(34)29-17-3-5-33(12-17)25(35)23-31-24(37-32-23)19-11-28-22-18(2-4-27-22)21(19)30-20-15-6-14-7-16(20)10-26(36,8-14)9-15/h2,4,11,14-17,20,36H,3,5-10,12H2,1H3,(H,29,34)(H2,27,28,30)/t14?,15?,16?,17-,20-,26+/m0/s1. The Morgan fingerprint density at radius 2 is 2.05 bits per heavy atom. The van der Waals surface area contributed by atoms with Crippen LogP contribution in [0.3, 0.4) is 0 Å². The van der Waals surface area contributed by atoms with Gasteiger partial charge in [-0.3, -0.25) is 9.59 Å². The second-order valence-electron chi connectivity index (χ2n) is 11.5. The summed E-state index contributed by atoms with van der Waals surface area (Å²) in [4.78, 5) is 38.3. The van der Waals surface area contributed by atoms with E-state index in [1.807, 2.05) is 12.3 Å². The summed E-state index contributed by atoms with van der Waals surface area (Å²) < 4.78 is 5.60. The first-order valence-electron chi connectivity index (χ1n) is 13.2. The van der Waals surface area contributed by atoms with Crippen LogP contribution in [0.5, 0.6) is 0 Å². The Balaban J connectivity index is 1.17. The lowest BCUT2D eigenvalue weighted by Gasteiger charge is -2.58. The summed E-state index contributed by atoms with van der Waals surface area (Å²) in [5.41, 5.74) is 1.77. The van der Waals surface area contributed by atoms with Crippen LogP contribution < -0.4 is 10.6 Å². The fraction of sp³-hybridized carbons (Fsp3) is 0.577. The zero-order chi connectivity index (χ0) is 25.3. The third kappa shape index (κ3) is 3.87. The Morgan fingerprint density at radius 3 is 2.81 bits per heavy atom. The van der Waals surface area contributed by atoms with Crippen LogP contribution in [0.1, 0.15) is 56.1 Å². The molecule has 0 radical (unpaired) electrons. The molecule has 1 aliphatic heterocycles. The number of carbonyl (C=O) groups is 2. The molecule has 3 atom stereocenters. The first kappa shape index (κ1) is 22.7. The molecule has 5 aliphatic rings. The van der Waals surface area contributed by atoms with Crippen molar-refractivity contribution in [1.82, 2.24) is 30.3 Å². The molecule has 3 aromatic heterocycles. The van der Waals surface area contributed by atoms with Gasteiger partial charge in [0.25, 0.3) is 17.6 Å². The smallest absolute Gasteiger partial charge is 0.295 e. The first-order valence-corrected chi connectivity index (χ1v) is 13.2. The van der Waals surface area contributed by atoms with E-state index in [1.165, 1.54) is 6.92 Å². The van der Waals surface area contributed by atoms with E-state index in [0.717, 1.165) is 48.8 Å². The Kier molecular flexibility index (Phi) is 5.08. The molecule has 194 valence electrons. The van der Waals surface area contributed by atoms with Gasteiger partial charge in [0.1, 0.15) is 5.65 Å². The highest BCUT2D eigenvalue weighted by atomic mass is 16.5. The van der Waals surface area contributed by atoms with Gasteiger partial charge in [-0.15, -0.1) is 0 Å². The number of likely N-dealkylation sites (tertiary alicyclic amines) is 1. The topological polar surface area (TPSA) is 149 Å². The lowest BCUT2D eigenvalue weighted by atomic mass is 9.52. The van der Waals surface area contributed by atoms with Crippen LogP contribution in [0.2, 0.25) is 0 Å². The molecule has 8 rings (SSSR count). The maximum atomic E-state index is 13.1. The normalized spacial score (nSPS) is 32.3. The summed E-state index contributed by atoms with van der Waals surface area (Å²) in [6, 6.07) is 2.16. The molecule has 2 amide bonds. The Morgan fingerprint density at radius 1 is 1.24 bits per heavy atom. The molecule has 0 spiro atoms. The van der Waals surface area contributed by atoms with Gasteiger partial charge >= 0.3 is 0 Å². The fourth-order valence-electron chi connectivity index (χ4n) is 7.62. The third-order valence-electron chi connectivity index (χ3n) is 8.87. The number of rotatable bonds is 5. The van der Waals surface area contributed by atoms with Gasteiger partial charge < -0.3 is 30.1 Å². The number of aromatic nitrogens is 4. The molecule has 0 aromatic carbocycles. The zero-order valence-electron chi connectivity index (χ0n) is 20.7. The van der Waals surface area contributed by atoms with Crippen molar-refractivity contribution in [2.45, 2.75) is 63.1 Å². The molecule has 3 aromatic rings. The largest absolute Gasteiger partial charge is 0.390 e. The van der Waals surface area contributed by atoms with Gasteiger partial charge in [-0.05, 0) is 62.3 Å². The minimum atomic E-state index is -0.505. The molecule has 5 fully saturated rings. The quantitative estimate of drug-likeness (QED) is 0.413. The van der Waals surface area contributed by atoms with E-state index in [-0.39, 0.29) is 35.6 Å². The van der Waals surface area contributed by atoms with Gasteiger partial charge in [-0.1, -0.05) is 5.16 Å². The van der Waals surface area contributed by atoms with Gasteiger partial charge in [0.15, 0.2) is 0 Å². The number of H-pyrrole nitrogens is 1. The first-order chi connectivity index (χ1) is 17.8. The lowest BCUT2D eigenvalue weighted by molar-refractivity contribution is -0.129. The van der Waals surface area contributed by atoms with E-state index in [1.54, 1.807) is 11.1 Å². The molecule has 11 nitrogen and oxygen atoms in total. The second kappa shape index (κ2) is 8.27. The number of amides is 2. The van der Waals surface area contributed by atoms with Crippen LogP contribution in [0, 0.1) is 17.8 Å². The van der Waals surface area contributed by atoms with E-state index >= 15 is 0 Å². The van der Waals surface area contributed by atoms with Crippen LogP contribution in [0.25, 0.3) is 22.5 Å². The maximum absolute atomic E-state index is 13.1. The molecule has 11 heteroatoms. The molecule has 4 bridgehead atoms. The van der Waals surface area contributed by atoms with Gasteiger partial charge in [0, 0.05) is 49.9 Å². The number of hydrogen-bond acceptors (Lipinski definition) is 8. The average Bonchev–Trinajstić information content (AvgIpc) is 3.60. The van der Waals surface area contributed by atoms with Crippen LogP contribution in [0.4, 0.5) is 5.69 Å². The molecule has 4 saturated carbocycles. The summed E-state index contributed by atoms with van der Waals surface area (Å²) >= 11 is 0. The van der Waals surface area contributed by atoms with Gasteiger partial charge in [-0.25, -0.2) is 4.98 Å². The van der Waals surface area contributed by atoms with Crippen LogP contribution in [-0.2, 0) is 4.79 Å². The van der Waals surface area contributed by atoms with E-state index in [2.05, 4.69) is 30.7 Å². The maximum Gasteiger partial charge on any atom is 0.295 e. The number of pyridine rings is 1. The summed E-state index contributed by atoms with van der Waals surface area (Å²) in [6.07, 6.45) is 9.15. The number of anilines is 1.